The number of hydrogen-bond acceptors (Lipinski definition) is 6. The second-order valence-corrected chi connectivity index (χ2v) is 35.3. The van der Waals surface area contributed by atoms with Gasteiger partial charge in [0.1, 0.15) is 0 Å². The molecule has 1 aliphatic rings. The van der Waals surface area contributed by atoms with Gasteiger partial charge in [0.15, 0.2) is 0 Å². The van der Waals surface area contributed by atoms with Crippen LogP contribution in [0.2, 0.25) is 39.3 Å². The van der Waals surface area contributed by atoms with Crippen molar-refractivity contribution in [1.82, 2.24) is 0 Å². The summed E-state index contributed by atoms with van der Waals surface area (Å²) in [6.07, 6.45) is 0. The van der Waals surface area contributed by atoms with E-state index < -0.39 is 51.4 Å². The first-order valence-electron chi connectivity index (χ1n) is 18.4. The maximum atomic E-state index is 8.35. The molecular weight excluding hydrogens is 769 g/mol. The maximum Gasteiger partial charge on any atom is 0.390 e. The van der Waals surface area contributed by atoms with Crippen LogP contribution in [-0.2, 0) is 24.7 Å². The van der Waals surface area contributed by atoms with Crippen LogP contribution in [0.3, 0.4) is 0 Å². The third-order valence-corrected chi connectivity index (χ3v) is 34.5. The van der Waals surface area contributed by atoms with Crippen LogP contribution in [0.25, 0.3) is 0 Å². The normalized spacial score (nSPS) is 20.1. The Morgan fingerprint density at radius 1 is 0.222 bits per heavy atom. The van der Waals surface area contributed by atoms with Crippen molar-refractivity contribution in [3.8, 4) is 0 Å². The van der Waals surface area contributed by atoms with Gasteiger partial charge in [-0.25, -0.2) is 0 Å². The van der Waals surface area contributed by atoms with Crippen LogP contribution in [-0.4, -0.2) is 51.4 Å². The zero-order chi connectivity index (χ0) is 37.9. The minimum atomic E-state index is -3.96. The van der Waals surface area contributed by atoms with E-state index in [0.29, 0.717) is 0 Å². The second kappa shape index (κ2) is 15.5. The highest BCUT2D eigenvalue weighted by atomic mass is 28.5. The van der Waals surface area contributed by atoms with Gasteiger partial charge in [-0.2, -0.15) is 0 Å². The molecule has 276 valence electrons. The predicted molar refractivity (Wildman–Crippen MR) is 233 cm³/mol. The first-order chi connectivity index (χ1) is 25.9. The molecule has 0 amide bonds. The molecule has 0 unspecified atom stereocenters. The summed E-state index contributed by atoms with van der Waals surface area (Å²) in [5, 5.41) is 5.76. The van der Waals surface area contributed by atoms with Crippen LogP contribution in [0.4, 0.5) is 0 Å². The van der Waals surface area contributed by atoms with E-state index >= 15 is 0 Å². The van der Waals surface area contributed by atoms with E-state index in [2.05, 4.69) is 185 Å². The zero-order valence-corrected chi connectivity index (χ0v) is 37.8. The van der Waals surface area contributed by atoms with Gasteiger partial charge >= 0.3 is 51.4 Å². The standard InChI is InChI=1S/C42H48O6Si6/c1-49(2)43-50(3,4)45-52(37-25-13-7-14-26-37,38-27-15-8-16-28-38)47-54(41-33-21-11-22-34-41,42-35-23-12-24-36-42)48-53(46-51(5,6)44-49,39-29-17-9-18-30-39)40-31-19-10-20-32-40/h7-36H,1-6H3. The van der Waals surface area contributed by atoms with Crippen molar-refractivity contribution in [2.75, 3.05) is 0 Å². The molecule has 0 radical (unpaired) electrons. The Balaban J connectivity index is 1.66. The van der Waals surface area contributed by atoms with E-state index in [1.165, 1.54) is 0 Å². The molecule has 7 rings (SSSR count). The first-order valence-corrected chi connectivity index (χ1v) is 32.3. The van der Waals surface area contributed by atoms with Crippen molar-refractivity contribution in [1.29, 1.82) is 0 Å². The van der Waals surface area contributed by atoms with E-state index in [0.717, 1.165) is 31.1 Å². The van der Waals surface area contributed by atoms with Crippen molar-refractivity contribution in [2.45, 2.75) is 39.3 Å². The lowest BCUT2D eigenvalue weighted by Gasteiger charge is -2.50. The number of benzene rings is 6. The van der Waals surface area contributed by atoms with Gasteiger partial charge in [-0.05, 0) is 70.4 Å². The summed E-state index contributed by atoms with van der Waals surface area (Å²) in [6.45, 7) is 12.7. The van der Waals surface area contributed by atoms with Gasteiger partial charge in [0.2, 0.25) is 0 Å². The number of rotatable bonds is 6. The third kappa shape index (κ3) is 8.02. The fraction of sp³-hybridized carbons (Fsp3) is 0.143. The quantitative estimate of drug-likeness (QED) is 0.193. The van der Waals surface area contributed by atoms with Crippen LogP contribution < -0.4 is 31.1 Å². The maximum absolute atomic E-state index is 8.35. The van der Waals surface area contributed by atoms with Crippen LogP contribution >= 0.6 is 0 Å². The molecule has 1 heterocycles. The molecule has 0 N–H and O–H groups in total. The highest BCUT2D eigenvalue weighted by Crippen LogP contribution is 2.32. The van der Waals surface area contributed by atoms with Crippen molar-refractivity contribution in [3.63, 3.8) is 0 Å². The van der Waals surface area contributed by atoms with Crippen molar-refractivity contribution in [3.05, 3.63) is 182 Å². The van der Waals surface area contributed by atoms with E-state index in [-0.39, 0.29) is 0 Å². The monoisotopic (exact) mass is 816 g/mol. The third-order valence-electron chi connectivity index (χ3n) is 9.26. The van der Waals surface area contributed by atoms with Gasteiger partial charge in [0, 0.05) is 0 Å². The summed E-state index contributed by atoms with van der Waals surface area (Å²) in [7, 11) is -20.6. The van der Waals surface area contributed by atoms with Crippen LogP contribution in [0.15, 0.2) is 182 Å². The van der Waals surface area contributed by atoms with Crippen molar-refractivity contribution >= 4 is 82.5 Å². The lowest BCUT2D eigenvalue weighted by Crippen LogP contribution is -2.82. The van der Waals surface area contributed by atoms with E-state index in [1.807, 2.05) is 36.4 Å². The van der Waals surface area contributed by atoms with Gasteiger partial charge in [-0.1, -0.05) is 182 Å². The second-order valence-electron chi connectivity index (χ2n) is 14.9. The Kier molecular flexibility index (Phi) is 11.1. The van der Waals surface area contributed by atoms with E-state index in [9.17, 15) is 0 Å². The Morgan fingerprint density at radius 2 is 0.389 bits per heavy atom. The van der Waals surface area contributed by atoms with Crippen LogP contribution in [0, 0.1) is 0 Å². The molecule has 6 nitrogen and oxygen atoms in total. The highest BCUT2D eigenvalue weighted by Gasteiger charge is 2.63. The highest BCUT2D eigenvalue weighted by molar-refractivity contribution is 7.11. The molecule has 1 fully saturated rings. The molecule has 0 atom stereocenters. The molecule has 0 aromatic heterocycles. The Hall–Kier alpha value is -3.62. The molecule has 1 saturated heterocycles. The summed E-state index contributed by atoms with van der Waals surface area (Å²) < 4.78 is 46.7. The fourth-order valence-corrected chi connectivity index (χ4v) is 39.5. The molecular formula is C42H48O6Si6. The lowest BCUT2D eigenvalue weighted by atomic mass is 10.4. The Morgan fingerprint density at radius 3 is 0.593 bits per heavy atom. The van der Waals surface area contributed by atoms with Crippen molar-refractivity contribution < 1.29 is 24.7 Å². The number of hydrogen-bond donors (Lipinski definition) is 0. The average molecular weight is 817 g/mol. The molecule has 0 spiro atoms. The molecule has 0 saturated carbocycles. The lowest BCUT2D eigenvalue weighted by molar-refractivity contribution is 0.253. The summed E-state index contributed by atoms with van der Waals surface area (Å²) in [4.78, 5) is 0. The van der Waals surface area contributed by atoms with Gasteiger partial charge < -0.3 is 24.7 Å². The van der Waals surface area contributed by atoms with Crippen LogP contribution in [0.5, 0.6) is 0 Å². The smallest absolute Gasteiger partial charge is 0.390 e. The van der Waals surface area contributed by atoms with Gasteiger partial charge in [-0.3, -0.25) is 0 Å². The first kappa shape index (κ1) is 38.6. The minimum Gasteiger partial charge on any atom is -0.416 e. The largest absolute Gasteiger partial charge is 0.416 e. The summed E-state index contributed by atoms with van der Waals surface area (Å²) in [6, 6.07) is 62.6. The molecule has 0 aliphatic carbocycles. The van der Waals surface area contributed by atoms with Gasteiger partial charge in [-0.15, -0.1) is 0 Å². The van der Waals surface area contributed by atoms with Gasteiger partial charge in [0.05, 0.1) is 0 Å². The van der Waals surface area contributed by atoms with E-state index in [1.54, 1.807) is 0 Å². The molecule has 6 aromatic carbocycles. The van der Waals surface area contributed by atoms with Crippen molar-refractivity contribution in [2.24, 2.45) is 0 Å². The predicted octanol–water partition coefficient (Wildman–Crippen LogP) is 5.97. The Labute approximate surface area is 326 Å². The summed E-state index contributed by atoms with van der Waals surface area (Å²) >= 11 is 0. The SMILES string of the molecule is C[Si]1(C)O[Si](C)(C)O[Si](c2ccccc2)(c2ccccc2)O[Si](c2ccccc2)(c2ccccc2)O[Si](c2ccccc2)(c2ccccc2)O[Si](C)(C)O1. The molecule has 1 aliphatic heterocycles. The molecule has 0 bridgehead atoms. The Bertz CT molecular complexity index is 1880. The topological polar surface area (TPSA) is 55.4 Å². The summed E-state index contributed by atoms with van der Waals surface area (Å²) in [5.74, 6) is 0. The summed E-state index contributed by atoms with van der Waals surface area (Å²) in [5.41, 5.74) is 0. The molecule has 54 heavy (non-hydrogen) atoms. The fourth-order valence-electron chi connectivity index (χ4n) is 7.56. The average Bonchev–Trinajstić information content (AvgIpc) is 3.17. The zero-order valence-electron chi connectivity index (χ0n) is 31.8. The van der Waals surface area contributed by atoms with Crippen LogP contribution in [0.1, 0.15) is 0 Å². The van der Waals surface area contributed by atoms with E-state index in [4.69, 9.17) is 24.7 Å². The van der Waals surface area contributed by atoms with Gasteiger partial charge in [0.25, 0.3) is 0 Å². The molecule has 12 heteroatoms. The molecule has 6 aromatic rings. The minimum absolute atomic E-state index is 0.948.